The number of aromatic hydroxyl groups is 2. The van der Waals surface area contributed by atoms with Gasteiger partial charge in [-0.1, -0.05) is 56.0 Å². The average molecular weight is 1190 g/mol. The number of carboxylic acids is 1. The minimum absolute atomic E-state index is 0. The number of halogens is 4. The molecule has 8 rings (SSSR count). The fourth-order valence-electron chi connectivity index (χ4n) is 8.64. The number of benzene rings is 4. The number of amides is 4. The summed E-state index contributed by atoms with van der Waals surface area (Å²) in [5, 5.41) is 35.0. The van der Waals surface area contributed by atoms with E-state index >= 15 is 0 Å². The Hall–Kier alpha value is -4.53. The maximum atomic E-state index is 12.8. The highest BCUT2D eigenvalue weighted by atomic mass is 79.9. The van der Waals surface area contributed by atoms with Crippen LogP contribution >= 0.6 is 63.7 Å². The molecule has 4 aliphatic rings. The first-order chi connectivity index (χ1) is 32.0. The van der Waals surface area contributed by atoms with E-state index in [-0.39, 0.29) is 37.3 Å². The lowest BCUT2D eigenvalue weighted by molar-refractivity contribution is -0.142. The lowest BCUT2D eigenvalue weighted by atomic mass is 9.95. The number of hydrogen-bond donors (Lipinski definition) is 6. The second-order valence-electron chi connectivity index (χ2n) is 16.8. The molecule has 2 fully saturated rings. The minimum atomic E-state index is -1.14. The van der Waals surface area contributed by atoms with Crippen molar-refractivity contribution in [3.05, 3.63) is 124 Å². The highest BCUT2D eigenvalue weighted by molar-refractivity contribution is 9.11. The molecule has 4 amide bonds. The number of fused-ring (bicyclic) bond motifs is 2. The zero-order valence-corrected chi connectivity index (χ0v) is 43.2. The first-order valence-corrected chi connectivity index (χ1v) is 25.1. The van der Waals surface area contributed by atoms with Crippen LogP contribution < -0.4 is 16.4 Å². The topological polar surface area (TPSA) is 215 Å². The highest BCUT2D eigenvalue weighted by Gasteiger charge is 2.34. The molecule has 366 valence electrons. The Morgan fingerprint density at radius 2 is 1.13 bits per heavy atom. The zero-order valence-electron chi connectivity index (χ0n) is 36.9. The average Bonchev–Trinajstić information content (AvgIpc) is 3.32. The number of phenolic OH excluding ortho intramolecular Hbond substituents is 2. The zero-order chi connectivity index (χ0) is 48.4. The lowest BCUT2D eigenvalue weighted by Gasteiger charge is -2.40. The van der Waals surface area contributed by atoms with Gasteiger partial charge in [-0.3, -0.25) is 14.4 Å². The number of carbonyl (C=O) groups is 5. The number of phenols is 2. The van der Waals surface area contributed by atoms with Crippen LogP contribution in [-0.4, -0.2) is 117 Å². The fourth-order valence-corrected chi connectivity index (χ4v) is 11.2. The van der Waals surface area contributed by atoms with Crippen molar-refractivity contribution in [1.82, 2.24) is 25.3 Å². The Bertz CT molecular complexity index is 2400. The van der Waals surface area contributed by atoms with Crippen LogP contribution in [0, 0.1) is 0 Å². The second kappa shape index (κ2) is 25.4. The maximum Gasteiger partial charge on any atom is 0.326 e. The van der Waals surface area contributed by atoms with Gasteiger partial charge in [0.2, 0.25) is 11.8 Å². The molecule has 4 aromatic carbocycles. The molecule has 4 aliphatic heterocycles. The van der Waals surface area contributed by atoms with Crippen molar-refractivity contribution in [2.45, 2.75) is 96.1 Å². The van der Waals surface area contributed by atoms with Gasteiger partial charge in [0.1, 0.15) is 23.6 Å². The van der Waals surface area contributed by atoms with E-state index in [4.69, 9.17) is 5.73 Å². The maximum absolute atomic E-state index is 12.8. The molecule has 2 saturated heterocycles. The van der Waals surface area contributed by atoms with Crippen molar-refractivity contribution in [3.8, 4) is 11.5 Å². The number of aliphatic carboxylic acids is 1. The number of methoxy groups -OCH3 is 1. The Morgan fingerprint density at radius 1 is 0.721 bits per heavy atom. The Balaban J connectivity index is 0.000000212. The molecule has 0 spiro atoms. The predicted octanol–water partition coefficient (Wildman–Crippen LogP) is 7.59. The van der Waals surface area contributed by atoms with Gasteiger partial charge in [-0.05, 0) is 167 Å². The van der Waals surface area contributed by atoms with E-state index in [2.05, 4.69) is 108 Å². The van der Waals surface area contributed by atoms with E-state index in [0.717, 1.165) is 43.6 Å². The molecule has 0 aromatic heterocycles. The molecule has 2 atom stereocenters. The van der Waals surface area contributed by atoms with Crippen molar-refractivity contribution in [1.29, 1.82) is 0 Å². The first-order valence-electron chi connectivity index (χ1n) is 21.9. The van der Waals surface area contributed by atoms with Gasteiger partial charge >= 0.3 is 18.0 Å². The summed E-state index contributed by atoms with van der Waals surface area (Å²) < 4.78 is 6.50. The number of nitrogens with two attached hydrogens (primary N) is 1. The van der Waals surface area contributed by atoms with Crippen LogP contribution in [0.25, 0.3) is 0 Å². The van der Waals surface area contributed by atoms with E-state index in [0.29, 0.717) is 87.1 Å². The summed E-state index contributed by atoms with van der Waals surface area (Å²) in [7, 11) is 1.30. The Kier molecular flexibility index (Phi) is 20.3. The summed E-state index contributed by atoms with van der Waals surface area (Å²) in [6.07, 6.45) is 4.89. The van der Waals surface area contributed by atoms with Crippen molar-refractivity contribution in [2.75, 3.05) is 33.3 Å². The third kappa shape index (κ3) is 14.3. The number of hydrogen-bond acceptors (Lipinski definition) is 10. The molecule has 0 unspecified atom stereocenters. The monoisotopic (exact) mass is 1190 g/mol. The molecule has 0 aliphatic carbocycles. The fraction of sp³-hybridized carbons (Fsp3) is 0.408. The minimum Gasteiger partial charge on any atom is -0.506 e. The standard InChI is InChI=1S/C24H25Br2N3O5.C14H18N2O.C10H11Br2NO3.CH4/c25-18-9-14(10-19(26)22(18)31)11-20(23(32)33)27-24(34)28-7-5-17(6-8-28)29-13-16-4-2-1-3-15(16)12-21(29)30;17-14-9-11-3-1-2-4-12(11)10-16(14)13-5-7-15-8-6-13;1-16-10(15)8(13)4-5-2-6(11)9(14)7(12)3-5;/h1-4,9-10,17,20,31H,5-8,11-13H2,(H,27,34)(H,32,33);1-4,13,15H,5-10H2;2-3,8,14H,4,13H2,1H3;1H4/t20-;;8-;/m1.1./s1. The van der Waals surface area contributed by atoms with Gasteiger partial charge in [0.15, 0.2) is 0 Å². The molecular weight excluding hydrogens is 1140 g/mol. The normalized spacial score (nSPS) is 16.9. The number of carbonyl (C=O) groups excluding carboxylic acids is 4. The molecule has 0 saturated carbocycles. The van der Waals surface area contributed by atoms with Crippen molar-refractivity contribution >= 4 is 93.5 Å². The van der Waals surface area contributed by atoms with Crippen LogP contribution in [0.1, 0.15) is 66.5 Å². The molecule has 68 heavy (non-hydrogen) atoms. The molecule has 0 bridgehead atoms. The molecule has 19 heteroatoms. The lowest BCUT2D eigenvalue weighted by Crippen LogP contribution is -2.54. The highest BCUT2D eigenvalue weighted by Crippen LogP contribution is 2.35. The van der Waals surface area contributed by atoms with Crippen LogP contribution in [0.2, 0.25) is 0 Å². The number of ether oxygens (including phenoxy) is 1. The van der Waals surface area contributed by atoms with Crippen molar-refractivity contribution < 1.29 is 44.0 Å². The van der Waals surface area contributed by atoms with Gasteiger partial charge in [-0.2, -0.15) is 0 Å². The van der Waals surface area contributed by atoms with Crippen LogP contribution in [0.15, 0.2) is 90.7 Å². The van der Waals surface area contributed by atoms with Gasteiger partial charge < -0.3 is 51.1 Å². The van der Waals surface area contributed by atoms with Gasteiger partial charge in [0, 0.05) is 44.7 Å². The summed E-state index contributed by atoms with van der Waals surface area (Å²) >= 11 is 12.9. The number of nitrogens with one attached hydrogen (secondary N) is 2. The summed E-state index contributed by atoms with van der Waals surface area (Å²) in [5.41, 5.74) is 11.9. The van der Waals surface area contributed by atoms with Crippen LogP contribution in [0.4, 0.5) is 4.79 Å². The smallest absolute Gasteiger partial charge is 0.326 e. The van der Waals surface area contributed by atoms with Crippen LogP contribution in [0.5, 0.6) is 11.5 Å². The van der Waals surface area contributed by atoms with E-state index in [1.54, 1.807) is 29.2 Å². The molecule has 15 nitrogen and oxygen atoms in total. The van der Waals surface area contributed by atoms with Gasteiger partial charge in [-0.15, -0.1) is 0 Å². The molecule has 0 radical (unpaired) electrons. The van der Waals surface area contributed by atoms with Gasteiger partial charge in [0.25, 0.3) is 0 Å². The number of piperidine rings is 2. The van der Waals surface area contributed by atoms with Gasteiger partial charge in [0.05, 0.1) is 37.8 Å². The number of nitrogens with zero attached hydrogens (tertiary/aromatic N) is 3. The molecular formula is C49H58Br4N6O9. The summed E-state index contributed by atoms with van der Waals surface area (Å²) in [6, 6.07) is 21.2. The Labute approximate surface area is 430 Å². The second-order valence-corrected chi connectivity index (χ2v) is 20.2. The summed E-state index contributed by atoms with van der Waals surface area (Å²) in [5.74, 6) is -1.04. The van der Waals surface area contributed by atoms with E-state index in [1.165, 1.54) is 23.8 Å². The predicted molar refractivity (Wildman–Crippen MR) is 273 cm³/mol. The number of carboxylic acid groups (broad SMARTS) is 1. The molecule has 7 N–H and O–H groups in total. The summed E-state index contributed by atoms with van der Waals surface area (Å²) in [6.45, 7) is 4.37. The van der Waals surface area contributed by atoms with E-state index < -0.39 is 30.1 Å². The Morgan fingerprint density at radius 3 is 1.56 bits per heavy atom. The largest absolute Gasteiger partial charge is 0.506 e. The van der Waals surface area contributed by atoms with Crippen LogP contribution in [-0.2, 0) is 62.7 Å². The molecule has 4 heterocycles. The van der Waals surface area contributed by atoms with Gasteiger partial charge in [-0.25, -0.2) is 9.59 Å². The SMILES string of the molecule is C.COC(=O)[C@H](N)Cc1cc(Br)c(O)c(Br)c1.O=C(O)[C@@H](Cc1cc(Br)c(O)c(Br)c1)NC(=O)N1CCC(N2Cc3ccccc3CC2=O)CC1.O=C1Cc2ccccc2CN1C1CCNCC1. The van der Waals surface area contributed by atoms with Crippen LogP contribution in [0.3, 0.4) is 0 Å². The van der Waals surface area contributed by atoms with Crippen molar-refractivity contribution in [3.63, 3.8) is 0 Å². The molecule has 4 aromatic rings. The van der Waals surface area contributed by atoms with E-state index in [9.17, 15) is 39.3 Å². The third-order valence-electron chi connectivity index (χ3n) is 12.3. The quantitative estimate of drug-likeness (QED) is 0.0899. The third-order valence-corrected chi connectivity index (χ3v) is 14.8. The number of likely N-dealkylation sites (tertiary alicyclic amines) is 1. The summed E-state index contributed by atoms with van der Waals surface area (Å²) in [4.78, 5) is 66.2. The van der Waals surface area contributed by atoms with E-state index in [1.807, 2.05) is 29.2 Å². The number of rotatable bonds is 9. The first kappa shape index (κ1) is 54.4. The van der Waals surface area contributed by atoms with Crippen molar-refractivity contribution in [2.24, 2.45) is 5.73 Å². The number of esters is 1. The number of urea groups is 1.